The zero-order valence-electron chi connectivity index (χ0n) is 18.8. The molecule has 0 aliphatic heterocycles. The number of carbonyl (C=O) groups is 1. The van der Waals surface area contributed by atoms with Gasteiger partial charge in [-0.25, -0.2) is 18.7 Å². The lowest BCUT2D eigenvalue weighted by Gasteiger charge is -2.20. The second-order valence-corrected chi connectivity index (χ2v) is 8.96. The molecule has 1 N–H and O–H groups in total. The number of thiazole rings is 1. The molecule has 11 heteroatoms. The van der Waals surface area contributed by atoms with Crippen LogP contribution in [0.5, 0.6) is 5.88 Å². The molecule has 2 heterocycles. The van der Waals surface area contributed by atoms with E-state index in [1.807, 2.05) is 25.9 Å². The molecule has 0 radical (unpaired) electrons. The number of aromatic nitrogens is 3. The Morgan fingerprint density at radius 1 is 1.27 bits per heavy atom. The maximum atomic E-state index is 13.9. The minimum atomic E-state index is -0.525. The molecule has 0 aliphatic rings. The van der Waals surface area contributed by atoms with Crippen molar-refractivity contribution in [3.63, 3.8) is 0 Å². The van der Waals surface area contributed by atoms with Crippen molar-refractivity contribution in [2.75, 3.05) is 34.3 Å². The highest BCUT2D eigenvalue weighted by Gasteiger charge is 2.20. The molecular weight excluding hydrogens is 516 g/mol. The third-order valence-electron chi connectivity index (χ3n) is 4.42. The van der Waals surface area contributed by atoms with Crippen LogP contribution in [0.4, 0.5) is 8.78 Å². The highest BCUT2D eigenvalue weighted by molar-refractivity contribution is 9.10. The summed E-state index contributed by atoms with van der Waals surface area (Å²) in [5.41, 5.74) is 0.764. The first kappa shape index (κ1) is 26.9. The fraction of sp³-hybridized carbons (Fsp3) is 0.364. The summed E-state index contributed by atoms with van der Waals surface area (Å²) in [4.78, 5) is 25.5. The largest absolute Gasteiger partial charge is 0.477 e. The number of nitrogens with one attached hydrogen (secondary N) is 1. The summed E-state index contributed by atoms with van der Waals surface area (Å²) in [7, 11) is 5.57. The van der Waals surface area contributed by atoms with Crippen LogP contribution in [-0.4, -0.2) is 60.4 Å². The van der Waals surface area contributed by atoms with E-state index >= 15 is 0 Å². The van der Waals surface area contributed by atoms with Crippen LogP contribution < -0.4 is 10.1 Å². The Morgan fingerprint density at radius 2 is 2.03 bits per heavy atom. The molecule has 0 bridgehead atoms. The summed E-state index contributed by atoms with van der Waals surface area (Å²) < 4.78 is 33.1. The fourth-order valence-corrected chi connectivity index (χ4v) is 3.86. The van der Waals surface area contributed by atoms with E-state index in [4.69, 9.17) is 4.74 Å². The summed E-state index contributed by atoms with van der Waals surface area (Å²) in [5, 5.41) is 3.38. The molecule has 0 aliphatic carbocycles. The lowest BCUT2D eigenvalue weighted by Crippen LogP contribution is -2.24. The van der Waals surface area contributed by atoms with Gasteiger partial charge in [-0.1, -0.05) is 0 Å². The van der Waals surface area contributed by atoms with Gasteiger partial charge < -0.3 is 15.0 Å². The van der Waals surface area contributed by atoms with Crippen molar-refractivity contribution in [2.45, 2.75) is 19.4 Å². The van der Waals surface area contributed by atoms with E-state index in [2.05, 4.69) is 36.2 Å². The van der Waals surface area contributed by atoms with Gasteiger partial charge in [0.1, 0.15) is 17.3 Å². The first-order chi connectivity index (χ1) is 15.8. The Kier molecular flexibility index (Phi) is 10.9. The van der Waals surface area contributed by atoms with E-state index < -0.39 is 11.6 Å². The Labute approximate surface area is 204 Å². The van der Waals surface area contributed by atoms with Gasteiger partial charge in [0, 0.05) is 17.8 Å². The van der Waals surface area contributed by atoms with Gasteiger partial charge in [0.15, 0.2) is 11.3 Å². The molecule has 0 saturated heterocycles. The molecule has 3 rings (SSSR count). The van der Waals surface area contributed by atoms with Gasteiger partial charge in [0.05, 0.1) is 28.4 Å². The fourth-order valence-electron chi connectivity index (χ4n) is 2.83. The number of ether oxygens (including phenoxy) is 1. The maximum absolute atomic E-state index is 13.9. The molecule has 178 valence electrons. The predicted octanol–water partition coefficient (Wildman–Crippen LogP) is 4.75. The number of halogens is 3. The summed E-state index contributed by atoms with van der Waals surface area (Å²) in [6.07, 6.45) is 6.13. The molecule has 7 nitrogen and oxygen atoms in total. The summed E-state index contributed by atoms with van der Waals surface area (Å²) in [6, 6.07) is 2.34. The molecule has 3 aromatic rings. The number of hydrogen-bond acceptors (Lipinski definition) is 8. The van der Waals surface area contributed by atoms with Crippen molar-refractivity contribution in [3.05, 3.63) is 57.4 Å². The lowest BCUT2D eigenvalue weighted by molar-refractivity contribution is 0.112. The highest BCUT2D eigenvalue weighted by atomic mass is 79.9. The SMILES string of the molecule is CCOc1cncc(-c2cnc(C=O)s2)n1.CNC(CCN(C)C)c1c(F)ccc(Br)c1F. The third-order valence-corrected chi connectivity index (χ3v) is 5.98. The molecule has 0 amide bonds. The molecule has 0 fully saturated rings. The summed E-state index contributed by atoms with van der Waals surface area (Å²) in [5.74, 6) is -0.562. The quantitative estimate of drug-likeness (QED) is 0.309. The zero-order valence-corrected chi connectivity index (χ0v) is 21.2. The van der Waals surface area contributed by atoms with Crippen LogP contribution in [0.25, 0.3) is 10.6 Å². The molecule has 1 unspecified atom stereocenters. The topological polar surface area (TPSA) is 80.2 Å². The van der Waals surface area contributed by atoms with E-state index in [1.54, 1.807) is 25.6 Å². The van der Waals surface area contributed by atoms with E-state index in [1.165, 1.54) is 23.5 Å². The first-order valence-electron chi connectivity index (χ1n) is 10.1. The average Bonchev–Trinajstić information content (AvgIpc) is 3.29. The molecule has 0 spiro atoms. The van der Waals surface area contributed by atoms with E-state index in [-0.39, 0.29) is 11.6 Å². The number of nitrogens with zero attached hydrogens (tertiary/aromatic N) is 4. The first-order valence-corrected chi connectivity index (χ1v) is 11.7. The second kappa shape index (κ2) is 13.4. The second-order valence-electron chi connectivity index (χ2n) is 7.05. The van der Waals surface area contributed by atoms with Gasteiger partial charge in [0.2, 0.25) is 5.88 Å². The van der Waals surface area contributed by atoms with Gasteiger partial charge in [-0.15, -0.1) is 11.3 Å². The Balaban J connectivity index is 0.000000234. The minimum Gasteiger partial charge on any atom is -0.477 e. The van der Waals surface area contributed by atoms with Gasteiger partial charge in [0.25, 0.3) is 0 Å². The normalized spacial score (nSPS) is 11.6. The van der Waals surface area contributed by atoms with E-state index in [0.29, 0.717) is 40.4 Å². The molecule has 1 aromatic carbocycles. The van der Waals surface area contributed by atoms with Crippen LogP contribution in [0.15, 0.2) is 35.2 Å². The average molecular weight is 542 g/mol. The van der Waals surface area contributed by atoms with Crippen LogP contribution in [-0.2, 0) is 0 Å². The summed E-state index contributed by atoms with van der Waals surface area (Å²) >= 11 is 4.35. The van der Waals surface area contributed by atoms with Gasteiger partial charge in [-0.2, -0.15) is 0 Å². The Morgan fingerprint density at radius 3 is 2.64 bits per heavy atom. The van der Waals surface area contributed by atoms with Crippen molar-refractivity contribution in [1.82, 2.24) is 25.2 Å². The Hall–Kier alpha value is -2.34. The summed E-state index contributed by atoms with van der Waals surface area (Å²) in [6.45, 7) is 3.18. The van der Waals surface area contributed by atoms with Gasteiger partial charge in [-0.05, 0) is 69.1 Å². The molecule has 0 saturated carbocycles. The highest BCUT2D eigenvalue weighted by Crippen LogP contribution is 2.28. The lowest BCUT2D eigenvalue weighted by atomic mass is 10.0. The molecule has 33 heavy (non-hydrogen) atoms. The number of hydrogen-bond donors (Lipinski definition) is 1. The van der Waals surface area contributed by atoms with E-state index in [0.717, 1.165) is 11.4 Å². The van der Waals surface area contributed by atoms with Crippen LogP contribution >= 0.6 is 27.3 Å². The van der Waals surface area contributed by atoms with Gasteiger partial charge in [-0.3, -0.25) is 9.78 Å². The Bertz CT molecular complexity index is 1050. The van der Waals surface area contributed by atoms with Crippen LogP contribution in [0.1, 0.15) is 34.8 Å². The van der Waals surface area contributed by atoms with Crippen LogP contribution in [0, 0.1) is 11.6 Å². The van der Waals surface area contributed by atoms with E-state index in [9.17, 15) is 13.6 Å². The minimum absolute atomic E-state index is 0.101. The number of aldehydes is 1. The monoisotopic (exact) mass is 541 g/mol. The predicted molar refractivity (Wildman–Crippen MR) is 129 cm³/mol. The van der Waals surface area contributed by atoms with Crippen LogP contribution in [0.3, 0.4) is 0 Å². The molecule has 1 atom stereocenters. The van der Waals surface area contributed by atoms with Crippen LogP contribution in [0.2, 0.25) is 0 Å². The smallest absolute Gasteiger partial charge is 0.232 e. The number of carbonyl (C=O) groups excluding carboxylic acids is 1. The molecular formula is C22H26BrF2N5O2S. The third kappa shape index (κ3) is 7.88. The standard InChI is InChI=1S/C12H17BrF2N2.C10H9N3O2S/c1-16-10(6-7-17(2)3)11-9(14)5-4-8(13)12(11)15;1-2-15-9-5-11-3-7(13-9)8-4-12-10(6-14)16-8/h4-5,10,16H,6-7H2,1-3H3;3-6H,2H2,1H3. The maximum Gasteiger partial charge on any atom is 0.232 e. The zero-order chi connectivity index (χ0) is 24.4. The number of rotatable bonds is 9. The van der Waals surface area contributed by atoms with Crippen molar-refractivity contribution in [3.8, 4) is 16.5 Å². The molecule has 2 aromatic heterocycles. The van der Waals surface area contributed by atoms with Crippen molar-refractivity contribution < 1.29 is 18.3 Å². The van der Waals surface area contributed by atoms with Crippen molar-refractivity contribution >= 4 is 33.6 Å². The van der Waals surface area contributed by atoms with Crippen molar-refractivity contribution in [2.24, 2.45) is 0 Å². The van der Waals surface area contributed by atoms with Gasteiger partial charge >= 0.3 is 0 Å². The van der Waals surface area contributed by atoms with Crippen molar-refractivity contribution in [1.29, 1.82) is 0 Å². The number of benzene rings is 1.